The number of carboxylic acids is 1. The molecule has 190 valence electrons. The number of carbonyl (C=O) groups is 2. The summed E-state index contributed by atoms with van der Waals surface area (Å²) >= 11 is 1.78. The van der Waals surface area contributed by atoms with Gasteiger partial charge in [0.2, 0.25) is 0 Å². The van der Waals surface area contributed by atoms with Crippen LogP contribution in [0.15, 0.2) is 17.2 Å². The molecule has 8 heteroatoms. The standard InChI is InChI=1S/C27H37N3O4S/c31-24(32)15-34-20-7-8-30(14-20)23-6-5-22(27(28-23)35-21-3-1-2-4-21)26(33)29-25-18-10-16-9-17(12-18)13-19(25)11-16/h5-6,16-21,25H,1-4,7-15H2,(H,29,33)(H,31,32)/t16?,17?,18?,19?,20-,25?/m0/s1. The van der Waals surface area contributed by atoms with Gasteiger partial charge < -0.3 is 20.1 Å². The molecule has 1 amide bonds. The molecule has 1 aromatic heterocycles. The van der Waals surface area contributed by atoms with Crippen LogP contribution in [0.4, 0.5) is 5.82 Å². The summed E-state index contributed by atoms with van der Waals surface area (Å²) in [5.74, 6) is 3.06. The van der Waals surface area contributed by atoms with Gasteiger partial charge in [-0.15, -0.1) is 11.8 Å². The van der Waals surface area contributed by atoms with Crippen LogP contribution < -0.4 is 10.2 Å². The van der Waals surface area contributed by atoms with Gasteiger partial charge in [0.15, 0.2) is 0 Å². The van der Waals surface area contributed by atoms with E-state index >= 15 is 0 Å². The average molecular weight is 500 g/mol. The van der Waals surface area contributed by atoms with Crippen molar-refractivity contribution in [3.8, 4) is 0 Å². The van der Waals surface area contributed by atoms with Crippen molar-refractivity contribution >= 4 is 29.5 Å². The maximum atomic E-state index is 13.6. The first kappa shape index (κ1) is 23.6. The number of thioether (sulfide) groups is 1. The Morgan fingerprint density at radius 1 is 1.06 bits per heavy atom. The topological polar surface area (TPSA) is 91.8 Å². The molecule has 1 aliphatic heterocycles. The first-order valence-corrected chi connectivity index (χ1v) is 14.5. The smallest absolute Gasteiger partial charge is 0.329 e. The highest BCUT2D eigenvalue weighted by molar-refractivity contribution is 7.99. The fourth-order valence-corrected chi connectivity index (χ4v) is 9.00. The van der Waals surface area contributed by atoms with Crippen LogP contribution in [-0.4, -0.2) is 59.1 Å². The zero-order valence-electron chi connectivity index (χ0n) is 20.4. The molecule has 1 saturated heterocycles. The van der Waals surface area contributed by atoms with Gasteiger partial charge in [0.25, 0.3) is 5.91 Å². The van der Waals surface area contributed by atoms with Crippen molar-refractivity contribution in [1.82, 2.24) is 10.3 Å². The first-order chi connectivity index (χ1) is 17.0. The van der Waals surface area contributed by atoms with Gasteiger partial charge in [-0.1, -0.05) is 12.8 Å². The van der Waals surface area contributed by atoms with Gasteiger partial charge in [-0.05, 0) is 87.2 Å². The minimum absolute atomic E-state index is 0.0473. The van der Waals surface area contributed by atoms with E-state index in [0.717, 1.165) is 41.2 Å². The SMILES string of the molecule is O=C(O)CO[C@H]1CCN(c2ccc(C(=O)NC3C4CC5CC(C4)CC3C5)c(SC3CCCC3)n2)C1. The number of aromatic nitrogens is 1. The summed E-state index contributed by atoms with van der Waals surface area (Å²) in [7, 11) is 0. The molecule has 4 bridgehead atoms. The van der Waals surface area contributed by atoms with Crippen molar-refractivity contribution < 1.29 is 19.4 Å². The molecule has 5 saturated carbocycles. The number of anilines is 1. The second-order valence-corrected chi connectivity index (χ2v) is 12.8. The fraction of sp³-hybridized carbons (Fsp3) is 0.741. The Kier molecular flexibility index (Phi) is 6.69. The Morgan fingerprint density at radius 3 is 2.46 bits per heavy atom. The Bertz CT molecular complexity index is 938. The largest absolute Gasteiger partial charge is 0.480 e. The summed E-state index contributed by atoms with van der Waals surface area (Å²) in [6, 6.07) is 4.26. The number of carbonyl (C=O) groups excluding carboxylic acids is 1. The Balaban J connectivity index is 1.18. The third-order valence-electron chi connectivity index (χ3n) is 9.11. The number of carboxylic acid groups (broad SMARTS) is 1. The predicted molar refractivity (Wildman–Crippen MR) is 135 cm³/mol. The highest BCUT2D eigenvalue weighted by atomic mass is 32.2. The molecular weight excluding hydrogens is 462 g/mol. The summed E-state index contributed by atoms with van der Waals surface area (Å²) in [6.45, 7) is 1.15. The zero-order valence-corrected chi connectivity index (χ0v) is 21.2. The maximum absolute atomic E-state index is 13.6. The molecule has 0 unspecified atom stereocenters. The number of nitrogens with one attached hydrogen (secondary N) is 1. The second-order valence-electron chi connectivity index (χ2n) is 11.5. The van der Waals surface area contributed by atoms with E-state index in [-0.39, 0.29) is 18.6 Å². The molecule has 0 radical (unpaired) electrons. The number of pyridine rings is 1. The van der Waals surface area contributed by atoms with Gasteiger partial charge in [0.05, 0.1) is 11.7 Å². The fourth-order valence-electron chi connectivity index (χ4n) is 7.68. The van der Waals surface area contributed by atoms with Crippen LogP contribution in [0, 0.1) is 23.7 Å². The van der Waals surface area contributed by atoms with E-state index < -0.39 is 5.97 Å². The highest BCUT2D eigenvalue weighted by Crippen LogP contribution is 2.53. The van der Waals surface area contributed by atoms with Crippen LogP contribution in [0.5, 0.6) is 0 Å². The van der Waals surface area contributed by atoms with Gasteiger partial charge >= 0.3 is 5.97 Å². The zero-order chi connectivity index (χ0) is 23.9. The van der Waals surface area contributed by atoms with E-state index in [0.29, 0.717) is 29.7 Å². The summed E-state index contributed by atoms with van der Waals surface area (Å²) in [5.41, 5.74) is 0.720. The lowest BCUT2D eigenvalue weighted by atomic mass is 9.54. The molecule has 0 spiro atoms. The van der Waals surface area contributed by atoms with Gasteiger partial charge in [-0.3, -0.25) is 4.79 Å². The Labute approximate surface area is 211 Å². The number of hydrogen-bond donors (Lipinski definition) is 2. The maximum Gasteiger partial charge on any atom is 0.329 e. The van der Waals surface area contributed by atoms with E-state index in [4.69, 9.17) is 14.8 Å². The average Bonchev–Trinajstić information content (AvgIpc) is 3.52. The number of amides is 1. The lowest BCUT2D eigenvalue weighted by Gasteiger charge is -2.54. The number of aliphatic carboxylic acids is 1. The van der Waals surface area contributed by atoms with Crippen LogP contribution in [0.3, 0.4) is 0 Å². The number of ether oxygens (including phenoxy) is 1. The van der Waals surface area contributed by atoms with Crippen LogP contribution in [0.1, 0.15) is 74.6 Å². The Hall–Kier alpha value is -1.80. The highest BCUT2D eigenvalue weighted by Gasteiger charge is 2.48. The Morgan fingerprint density at radius 2 is 1.77 bits per heavy atom. The van der Waals surface area contributed by atoms with Crippen LogP contribution >= 0.6 is 11.8 Å². The van der Waals surface area contributed by atoms with Crippen molar-refractivity contribution in [3.05, 3.63) is 17.7 Å². The molecule has 2 N–H and O–H groups in total. The third kappa shape index (κ3) is 5.06. The van der Waals surface area contributed by atoms with E-state index in [1.807, 2.05) is 12.1 Å². The monoisotopic (exact) mass is 499 g/mol. The van der Waals surface area contributed by atoms with Gasteiger partial charge in [-0.25, -0.2) is 9.78 Å². The quantitative estimate of drug-likeness (QED) is 0.549. The van der Waals surface area contributed by atoms with Crippen molar-refractivity contribution in [3.63, 3.8) is 0 Å². The molecular formula is C27H37N3O4S. The normalized spacial score (nSPS) is 34.0. The second kappa shape index (κ2) is 9.92. The van der Waals surface area contributed by atoms with E-state index in [1.165, 1.54) is 57.8 Å². The first-order valence-electron chi connectivity index (χ1n) is 13.6. The molecule has 7 rings (SSSR count). The number of nitrogens with zero attached hydrogens (tertiary/aromatic N) is 2. The van der Waals surface area contributed by atoms with E-state index in [2.05, 4.69) is 10.2 Å². The summed E-state index contributed by atoms with van der Waals surface area (Å²) in [6.07, 6.45) is 12.1. The molecule has 2 heterocycles. The van der Waals surface area contributed by atoms with Gasteiger partial charge in [0, 0.05) is 24.4 Å². The van der Waals surface area contributed by atoms with E-state index in [9.17, 15) is 9.59 Å². The number of rotatable bonds is 8. The predicted octanol–water partition coefficient (Wildman–Crippen LogP) is 4.35. The summed E-state index contributed by atoms with van der Waals surface area (Å²) < 4.78 is 5.51. The number of hydrogen-bond acceptors (Lipinski definition) is 6. The molecule has 6 fully saturated rings. The molecule has 1 aromatic rings. The minimum Gasteiger partial charge on any atom is -0.480 e. The molecule has 0 aromatic carbocycles. The lowest BCUT2D eigenvalue weighted by molar-refractivity contribution is -0.143. The van der Waals surface area contributed by atoms with Crippen LogP contribution in [0.25, 0.3) is 0 Å². The van der Waals surface area contributed by atoms with Crippen LogP contribution in [0.2, 0.25) is 0 Å². The summed E-state index contributed by atoms with van der Waals surface area (Å²) in [5, 5.41) is 13.8. The minimum atomic E-state index is -0.939. The van der Waals surface area contributed by atoms with Crippen molar-refractivity contribution in [2.45, 2.75) is 86.6 Å². The third-order valence-corrected chi connectivity index (χ3v) is 10.4. The van der Waals surface area contributed by atoms with Crippen molar-refractivity contribution in [2.75, 3.05) is 24.6 Å². The molecule has 5 aliphatic carbocycles. The van der Waals surface area contributed by atoms with Crippen molar-refractivity contribution in [2.24, 2.45) is 23.7 Å². The lowest BCUT2D eigenvalue weighted by Crippen LogP contribution is -2.55. The molecule has 6 aliphatic rings. The molecule has 7 nitrogen and oxygen atoms in total. The molecule has 35 heavy (non-hydrogen) atoms. The van der Waals surface area contributed by atoms with Gasteiger partial charge in [-0.2, -0.15) is 0 Å². The summed E-state index contributed by atoms with van der Waals surface area (Å²) in [4.78, 5) is 31.6. The van der Waals surface area contributed by atoms with Crippen LogP contribution in [-0.2, 0) is 9.53 Å². The molecule has 1 atom stereocenters. The van der Waals surface area contributed by atoms with Crippen molar-refractivity contribution in [1.29, 1.82) is 0 Å². The van der Waals surface area contributed by atoms with E-state index in [1.54, 1.807) is 11.8 Å². The van der Waals surface area contributed by atoms with Gasteiger partial charge in [0.1, 0.15) is 17.5 Å².